The fourth-order valence-corrected chi connectivity index (χ4v) is 4.37. The Hall–Kier alpha value is -1.73. The number of hydrogen-bond acceptors (Lipinski definition) is 4. The lowest BCUT2D eigenvalue weighted by molar-refractivity contribution is 0.581. The molecule has 0 saturated heterocycles. The first-order chi connectivity index (χ1) is 11.5. The maximum atomic E-state index is 12.3. The number of hydrogen-bond donors (Lipinski definition) is 1. The minimum Gasteiger partial charge on any atom is -0.241 e. The second-order valence-corrected chi connectivity index (χ2v) is 8.46. The summed E-state index contributed by atoms with van der Waals surface area (Å²) in [5.41, 5.74) is 1.86. The molecule has 0 spiro atoms. The predicted octanol–water partition coefficient (Wildman–Crippen LogP) is 4.25. The van der Waals surface area contributed by atoms with Crippen LogP contribution in [0.2, 0.25) is 5.02 Å². The van der Waals surface area contributed by atoms with E-state index in [4.69, 9.17) is 11.6 Å². The number of thiazole rings is 1. The Morgan fingerprint density at radius 3 is 2.42 bits per heavy atom. The van der Waals surface area contributed by atoms with Crippen LogP contribution in [-0.2, 0) is 16.6 Å². The molecule has 4 nitrogen and oxygen atoms in total. The van der Waals surface area contributed by atoms with Crippen molar-refractivity contribution in [1.82, 2.24) is 9.71 Å². The molecule has 0 fully saturated rings. The summed E-state index contributed by atoms with van der Waals surface area (Å²) in [6, 6.07) is 15.9. The lowest BCUT2D eigenvalue weighted by Gasteiger charge is -2.06. The van der Waals surface area contributed by atoms with Gasteiger partial charge in [0.1, 0.15) is 5.01 Å². The highest BCUT2D eigenvalue weighted by molar-refractivity contribution is 7.89. The van der Waals surface area contributed by atoms with Crippen molar-refractivity contribution in [3.8, 4) is 10.6 Å². The number of benzene rings is 2. The van der Waals surface area contributed by atoms with Crippen LogP contribution in [-0.4, -0.2) is 13.4 Å². The Labute approximate surface area is 150 Å². The fourth-order valence-electron chi connectivity index (χ4n) is 2.15. The molecule has 24 heavy (non-hydrogen) atoms. The highest BCUT2D eigenvalue weighted by Crippen LogP contribution is 2.28. The molecule has 0 aliphatic rings. The molecule has 0 bridgehead atoms. The Bertz CT molecular complexity index is 936. The molecule has 124 valence electrons. The number of aromatic nitrogens is 1. The van der Waals surface area contributed by atoms with E-state index in [1.165, 1.54) is 23.5 Å². The van der Waals surface area contributed by atoms with Gasteiger partial charge in [0.25, 0.3) is 0 Å². The molecular formula is C17H15ClN2O2S2. The van der Waals surface area contributed by atoms with Gasteiger partial charge in [-0.25, -0.2) is 18.1 Å². The lowest BCUT2D eigenvalue weighted by atomic mass is 10.2. The molecule has 0 atom stereocenters. The van der Waals surface area contributed by atoms with Crippen LogP contribution in [0.3, 0.4) is 0 Å². The Morgan fingerprint density at radius 1 is 1.08 bits per heavy atom. The van der Waals surface area contributed by atoms with E-state index < -0.39 is 10.0 Å². The number of nitrogens with one attached hydrogen (secondary N) is 1. The smallest absolute Gasteiger partial charge is 0.240 e. The van der Waals surface area contributed by atoms with Crippen molar-refractivity contribution in [1.29, 1.82) is 0 Å². The molecule has 0 unspecified atom stereocenters. The highest BCUT2D eigenvalue weighted by atomic mass is 35.5. The summed E-state index contributed by atoms with van der Waals surface area (Å²) in [6.45, 7) is 2.09. The second kappa shape index (κ2) is 7.03. The Kier molecular flexibility index (Phi) is 5.01. The summed E-state index contributed by atoms with van der Waals surface area (Å²) in [7, 11) is -3.58. The van der Waals surface area contributed by atoms with Crippen molar-refractivity contribution < 1.29 is 8.42 Å². The van der Waals surface area contributed by atoms with Crippen molar-refractivity contribution in [3.63, 3.8) is 0 Å². The summed E-state index contributed by atoms with van der Waals surface area (Å²) in [6.07, 6.45) is 0. The maximum Gasteiger partial charge on any atom is 0.240 e. The van der Waals surface area contributed by atoms with Crippen LogP contribution in [0.25, 0.3) is 10.6 Å². The largest absolute Gasteiger partial charge is 0.241 e. The van der Waals surface area contributed by atoms with E-state index in [1.807, 2.05) is 37.3 Å². The lowest BCUT2D eigenvalue weighted by Crippen LogP contribution is -2.23. The van der Waals surface area contributed by atoms with Gasteiger partial charge in [0, 0.05) is 22.0 Å². The molecule has 1 N–H and O–H groups in total. The predicted molar refractivity (Wildman–Crippen MR) is 97.8 cm³/mol. The standard InChI is InChI=1S/C17H15ClN2O2S2/c1-12-16(23-17(20-12)13-5-3-2-4-6-13)11-19-24(21,22)15-9-7-14(18)8-10-15/h2-10,19H,11H2,1H3. The molecule has 0 aliphatic heterocycles. The number of halogens is 1. The molecule has 0 saturated carbocycles. The molecule has 0 aliphatic carbocycles. The van der Waals surface area contributed by atoms with Crippen molar-refractivity contribution in [2.24, 2.45) is 0 Å². The molecule has 0 amide bonds. The van der Waals surface area contributed by atoms with Gasteiger partial charge in [-0.3, -0.25) is 0 Å². The summed E-state index contributed by atoms with van der Waals surface area (Å²) in [5.74, 6) is 0. The maximum absolute atomic E-state index is 12.3. The van der Waals surface area contributed by atoms with Gasteiger partial charge in [0.15, 0.2) is 0 Å². The van der Waals surface area contributed by atoms with Gasteiger partial charge in [-0.15, -0.1) is 11.3 Å². The van der Waals surface area contributed by atoms with Crippen molar-refractivity contribution in [3.05, 3.63) is 70.2 Å². The third-order valence-electron chi connectivity index (χ3n) is 3.46. The van der Waals surface area contributed by atoms with Crippen LogP contribution < -0.4 is 4.72 Å². The molecule has 2 aromatic carbocycles. The first-order valence-electron chi connectivity index (χ1n) is 7.23. The normalized spacial score (nSPS) is 11.6. The van der Waals surface area contributed by atoms with Gasteiger partial charge in [-0.1, -0.05) is 41.9 Å². The summed E-state index contributed by atoms with van der Waals surface area (Å²) < 4.78 is 27.3. The molecule has 1 heterocycles. The topological polar surface area (TPSA) is 59.1 Å². The Morgan fingerprint density at radius 2 is 1.75 bits per heavy atom. The van der Waals surface area contributed by atoms with Crippen LogP contribution in [0.5, 0.6) is 0 Å². The summed E-state index contributed by atoms with van der Waals surface area (Å²) in [5, 5.41) is 1.38. The minimum absolute atomic E-state index is 0.192. The van der Waals surface area contributed by atoms with Crippen molar-refractivity contribution in [2.75, 3.05) is 0 Å². The van der Waals surface area contributed by atoms with Crippen LogP contribution in [0.1, 0.15) is 10.6 Å². The zero-order valence-corrected chi connectivity index (χ0v) is 15.3. The number of aryl methyl sites for hydroxylation is 1. The second-order valence-electron chi connectivity index (χ2n) is 5.17. The Balaban J connectivity index is 1.77. The summed E-state index contributed by atoms with van der Waals surface area (Å²) in [4.78, 5) is 5.62. The van der Waals surface area contributed by atoms with Gasteiger partial charge in [0.2, 0.25) is 10.0 Å². The van der Waals surface area contributed by atoms with Crippen LogP contribution in [0.4, 0.5) is 0 Å². The molecule has 7 heteroatoms. The van der Waals surface area contributed by atoms with Gasteiger partial charge < -0.3 is 0 Å². The number of rotatable bonds is 5. The molecule has 0 radical (unpaired) electrons. The first-order valence-corrected chi connectivity index (χ1v) is 9.90. The van der Waals surface area contributed by atoms with E-state index in [2.05, 4.69) is 9.71 Å². The van der Waals surface area contributed by atoms with Gasteiger partial charge in [-0.2, -0.15) is 0 Å². The highest BCUT2D eigenvalue weighted by Gasteiger charge is 2.16. The van der Waals surface area contributed by atoms with Gasteiger partial charge >= 0.3 is 0 Å². The third-order valence-corrected chi connectivity index (χ3v) is 6.34. The van der Waals surface area contributed by atoms with Crippen molar-refractivity contribution >= 4 is 33.0 Å². The SMILES string of the molecule is Cc1nc(-c2ccccc2)sc1CNS(=O)(=O)c1ccc(Cl)cc1. The zero-order valence-electron chi connectivity index (χ0n) is 12.9. The molecular weight excluding hydrogens is 364 g/mol. The number of sulfonamides is 1. The van der Waals surface area contributed by atoms with Crippen LogP contribution in [0.15, 0.2) is 59.5 Å². The zero-order chi connectivity index (χ0) is 17.2. The van der Waals surface area contributed by atoms with E-state index in [1.54, 1.807) is 12.1 Å². The van der Waals surface area contributed by atoms with E-state index in [0.29, 0.717) is 5.02 Å². The molecule has 3 rings (SSSR count). The van der Waals surface area contributed by atoms with E-state index >= 15 is 0 Å². The van der Waals surface area contributed by atoms with Crippen molar-refractivity contribution in [2.45, 2.75) is 18.4 Å². The summed E-state index contributed by atoms with van der Waals surface area (Å²) >= 11 is 7.29. The van der Waals surface area contributed by atoms with Crippen LogP contribution in [0, 0.1) is 6.92 Å². The number of nitrogens with zero attached hydrogens (tertiary/aromatic N) is 1. The first kappa shape index (κ1) is 17.1. The van der Waals surface area contributed by atoms with E-state index in [9.17, 15) is 8.42 Å². The van der Waals surface area contributed by atoms with Gasteiger partial charge in [-0.05, 0) is 31.2 Å². The van der Waals surface area contributed by atoms with Crippen LogP contribution >= 0.6 is 22.9 Å². The quantitative estimate of drug-likeness (QED) is 0.722. The van der Waals surface area contributed by atoms with E-state index in [0.717, 1.165) is 21.1 Å². The van der Waals surface area contributed by atoms with Gasteiger partial charge in [0.05, 0.1) is 10.6 Å². The average Bonchev–Trinajstić information content (AvgIpc) is 2.95. The molecule has 1 aromatic heterocycles. The monoisotopic (exact) mass is 378 g/mol. The van der Waals surface area contributed by atoms with E-state index in [-0.39, 0.29) is 11.4 Å². The average molecular weight is 379 g/mol. The third kappa shape index (κ3) is 3.84. The molecule has 3 aromatic rings. The minimum atomic E-state index is -3.58. The fraction of sp³-hybridized carbons (Fsp3) is 0.118.